The molecule has 29 heavy (non-hydrogen) atoms. The maximum absolute atomic E-state index is 13.0. The van der Waals surface area contributed by atoms with Crippen molar-refractivity contribution in [1.82, 2.24) is 20.0 Å². The molecule has 0 bridgehead atoms. The summed E-state index contributed by atoms with van der Waals surface area (Å²) in [7, 11) is 0.748. The van der Waals surface area contributed by atoms with Crippen molar-refractivity contribution in [3.63, 3.8) is 0 Å². The van der Waals surface area contributed by atoms with Crippen LogP contribution in [0.15, 0.2) is 10.9 Å². The Bertz CT molecular complexity index is 744. The van der Waals surface area contributed by atoms with Crippen LogP contribution in [0.2, 0.25) is 0 Å². The van der Waals surface area contributed by atoms with E-state index in [2.05, 4.69) is 35.9 Å². The van der Waals surface area contributed by atoms with E-state index < -0.39 is 0 Å². The lowest BCUT2D eigenvalue weighted by Gasteiger charge is -2.33. The van der Waals surface area contributed by atoms with Crippen LogP contribution in [0.5, 0.6) is 0 Å². The molecule has 3 rings (SSSR count). The van der Waals surface area contributed by atoms with Crippen LogP contribution in [-0.4, -0.2) is 70.5 Å². The van der Waals surface area contributed by atoms with Gasteiger partial charge >= 0.3 is 0 Å². The highest BCUT2D eigenvalue weighted by Gasteiger charge is 2.28. The number of aryl methyl sites for hydroxylation is 2. The van der Waals surface area contributed by atoms with Gasteiger partial charge in [-0.05, 0) is 63.0 Å². The third kappa shape index (κ3) is 5.55. The lowest BCUT2D eigenvalue weighted by atomic mass is 10.0. The molecule has 0 radical (unpaired) electrons. The first-order valence-electron chi connectivity index (χ1n) is 11.1. The molecule has 0 aliphatic carbocycles. The Morgan fingerprint density at radius 1 is 1.21 bits per heavy atom. The van der Waals surface area contributed by atoms with E-state index in [0.717, 1.165) is 96.5 Å². The summed E-state index contributed by atoms with van der Waals surface area (Å²) in [6.07, 6.45) is 7.61. The zero-order chi connectivity index (χ0) is 20.8. The van der Waals surface area contributed by atoms with Gasteiger partial charge in [0, 0.05) is 44.0 Å². The fraction of sp³-hybridized carbons (Fsp3) is 0.682. The van der Waals surface area contributed by atoms with Gasteiger partial charge in [-0.15, -0.1) is 0 Å². The highest BCUT2D eigenvalue weighted by molar-refractivity contribution is 7.43. The number of likely N-dealkylation sites (tertiary alicyclic amines) is 1. The number of rotatable bonds is 8. The molecule has 1 atom stereocenters. The van der Waals surface area contributed by atoms with Crippen LogP contribution in [-0.2, 0) is 11.2 Å². The summed E-state index contributed by atoms with van der Waals surface area (Å²) in [6, 6.07) is 0. The lowest BCUT2D eigenvalue weighted by Crippen LogP contribution is -2.43. The summed E-state index contributed by atoms with van der Waals surface area (Å²) >= 11 is 0. The third-order valence-electron chi connectivity index (χ3n) is 6.13. The van der Waals surface area contributed by atoms with Gasteiger partial charge < -0.3 is 4.90 Å². The van der Waals surface area contributed by atoms with Crippen molar-refractivity contribution < 1.29 is 4.79 Å². The van der Waals surface area contributed by atoms with Crippen LogP contribution in [0.1, 0.15) is 56.0 Å². The molecule has 0 spiro atoms. The van der Waals surface area contributed by atoms with Crippen molar-refractivity contribution >= 4 is 20.2 Å². The van der Waals surface area contributed by atoms with Gasteiger partial charge in [0.05, 0.1) is 5.69 Å². The molecule has 1 fully saturated rings. The second kappa shape index (κ2) is 10.5. The highest BCUT2D eigenvalue weighted by atomic mass is 31.1. The van der Waals surface area contributed by atoms with Crippen LogP contribution in [0.3, 0.4) is 0 Å². The summed E-state index contributed by atoms with van der Waals surface area (Å²) in [5.74, 6) is -0.0538. The number of amides is 1. The van der Waals surface area contributed by atoms with E-state index in [0.29, 0.717) is 0 Å². The van der Waals surface area contributed by atoms with E-state index in [1.54, 1.807) is 0 Å². The number of aromatic nitrogens is 2. The van der Waals surface area contributed by atoms with Gasteiger partial charge in [-0.1, -0.05) is 21.9 Å². The largest absolute Gasteiger partial charge is 0.337 e. The van der Waals surface area contributed by atoms with Gasteiger partial charge in [-0.25, -0.2) is 0 Å². The Balaban J connectivity index is 1.70. The highest BCUT2D eigenvalue weighted by Crippen LogP contribution is 2.34. The molecule has 3 heterocycles. The maximum atomic E-state index is 13.0. The minimum Gasteiger partial charge on any atom is -0.337 e. The van der Waals surface area contributed by atoms with Gasteiger partial charge in [0.1, 0.15) is 5.71 Å². The minimum absolute atomic E-state index is 0.0538. The molecule has 1 unspecified atom stereocenters. The van der Waals surface area contributed by atoms with Crippen molar-refractivity contribution in [3.05, 3.63) is 27.8 Å². The zero-order valence-electron chi connectivity index (χ0n) is 18.2. The van der Waals surface area contributed by atoms with Gasteiger partial charge in [0.25, 0.3) is 5.91 Å². The molecular formula is C22H36N5OP. The third-order valence-corrected chi connectivity index (χ3v) is 7.86. The van der Waals surface area contributed by atoms with Crippen LogP contribution < -0.4 is 0 Å². The second-order valence-electron chi connectivity index (χ2n) is 8.30. The van der Waals surface area contributed by atoms with E-state index in [-0.39, 0.29) is 11.6 Å². The fourth-order valence-electron chi connectivity index (χ4n) is 4.31. The van der Waals surface area contributed by atoms with Gasteiger partial charge in [0.2, 0.25) is 0 Å². The van der Waals surface area contributed by atoms with E-state index in [4.69, 9.17) is 5.41 Å². The Morgan fingerprint density at radius 3 is 2.62 bits per heavy atom. The molecule has 1 aromatic rings. The number of carbonyl (C=O) groups excluding carboxylic acids is 1. The number of carbonyl (C=O) groups is 1. The Hall–Kier alpha value is -1.52. The van der Waals surface area contributed by atoms with E-state index >= 15 is 0 Å². The number of aromatic amines is 1. The monoisotopic (exact) mass is 417 g/mol. The molecule has 1 saturated heterocycles. The molecule has 0 saturated carbocycles. The van der Waals surface area contributed by atoms with Crippen molar-refractivity contribution in [2.75, 3.05) is 38.9 Å². The molecule has 1 amide bonds. The molecule has 160 valence electrons. The SMILES string of the molecule is CCCPC1=C(C(=N)C(=O)N2CCCCC2)CN(CCc2c(C)n[nH]c2C)CC1. The quantitative estimate of drug-likeness (QED) is 0.501. The van der Waals surface area contributed by atoms with Gasteiger partial charge in [-0.3, -0.25) is 20.2 Å². The van der Waals surface area contributed by atoms with Crippen LogP contribution in [0, 0.1) is 19.3 Å². The van der Waals surface area contributed by atoms with E-state index in [9.17, 15) is 4.79 Å². The molecule has 6 nitrogen and oxygen atoms in total. The first kappa shape index (κ1) is 22.2. The number of nitrogens with one attached hydrogen (secondary N) is 2. The predicted molar refractivity (Wildman–Crippen MR) is 121 cm³/mol. The smallest absolute Gasteiger partial charge is 0.272 e. The summed E-state index contributed by atoms with van der Waals surface area (Å²) < 4.78 is 0. The summed E-state index contributed by atoms with van der Waals surface area (Å²) in [5, 5.41) is 17.5. The predicted octanol–water partition coefficient (Wildman–Crippen LogP) is 3.65. The van der Waals surface area contributed by atoms with Gasteiger partial charge in [0.15, 0.2) is 0 Å². The number of nitrogens with zero attached hydrogens (tertiary/aromatic N) is 3. The van der Waals surface area contributed by atoms with Crippen molar-refractivity contribution in [2.24, 2.45) is 0 Å². The Kier molecular flexibility index (Phi) is 8.02. The van der Waals surface area contributed by atoms with Crippen molar-refractivity contribution in [2.45, 2.75) is 59.3 Å². The molecular weight excluding hydrogens is 381 g/mol. The average molecular weight is 418 g/mol. The van der Waals surface area contributed by atoms with Crippen LogP contribution in [0.4, 0.5) is 0 Å². The molecule has 2 aliphatic heterocycles. The van der Waals surface area contributed by atoms with Crippen molar-refractivity contribution in [3.8, 4) is 0 Å². The molecule has 2 N–H and O–H groups in total. The Labute approximate surface area is 176 Å². The summed E-state index contributed by atoms with van der Waals surface area (Å²) in [4.78, 5) is 17.3. The molecule has 2 aliphatic rings. The standard InChI is InChI=1S/C22H36N5OP/c1-4-14-29-20-9-13-26(12-8-18-16(2)24-25-17(18)3)15-19(20)21(23)22(28)27-10-6-5-7-11-27/h23,29H,4-15H2,1-3H3,(H,24,25). The zero-order valence-corrected chi connectivity index (χ0v) is 19.2. The van der Waals surface area contributed by atoms with Crippen LogP contribution in [0.25, 0.3) is 0 Å². The first-order chi connectivity index (χ1) is 14.0. The number of H-pyrrole nitrogens is 1. The minimum atomic E-state index is -0.0538. The normalized spacial score (nSPS) is 18.8. The number of hydrogen-bond acceptors (Lipinski definition) is 4. The van der Waals surface area contributed by atoms with Gasteiger partial charge in [-0.2, -0.15) is 5.10 Å². The molecule has 0 aromatic carbocycles. The first-order valence-corrected chi connectivity index (χ1v) is 12.3. The fourth-order valence-corrected chi connectivity index (χ4v) is 5.57. The number of hydrogen-bond donors (Lipinski definition) is 2. The Morgan fingerprint density at radius 2 is 1.97 bits per heavy atom. The lowest BCUT2D eigenvalue weighted by molar-refractivity contribution is -0.124. The maximum Gasteiger partial charge on any atom is 0.272 e. The van der Waals surface area contributed by atoms with E-state index in [1.807, 2.05) is 4.90 Å². The topological polar surface area (TPSA) is 76.1 Å². The second-order valence-corrected chi connectivity index (χ2v) is 9.76. The van der Waals surface area contributed by atoms with Crippen molar-refractivity contribution in [1.29, 1.82) is 5.41 Å². The summed E-state index contributed by atoms with van der Waals surface area (Å²) in [6.45, 7) is 10.7. The molecule has 7 heteroatoms. The molecule has 1 aromatic heterocycles. The summed E-state index contributed by atoms with van der Waals surface area (Å²) in [5.41, 5.74) is 4.79. The van der Waals surface area contributed by atoms with E-state index in [1.165, 1.54) is 17.3 Å². The van der Waals surface area contributed by atoms with Crippen LogP contribution >= 0.6 is 8.58 Å². The average Bonchev–Trinajstić information content (AvgIpc) is 3.07. The number of piperidine rings is 1.